The quantitative estimate of drug-likeness (QED) is 0.719. The van der Waals surface area contributed by atoms with Gasteiger partial charge < -0.3 is 4.52 Å². The van der Waals surface area contributed by atoms with Crippen molar-refractivity contribution in [2.24, 2.45) is 0 Å². The van der Waals surface area contributed by atoms with E-state index < -0.39 is 0 Å². The molecule has 1 aliphatic rings. The van der Waals surface area contributed by atoms with Crippen LogP contribution in [0.2, 0.25) is 0 Å². The molecule has 0 N–H and O–H groups in total. The third kappa shape index (κ3) is 1.62. The lowest BCUT2D eigenvalue weighted by Crippen LogP contribution is -1.90. The molecule has 0 spiro atoms. The van der Waals surface area contributed by atoms with E-state index >= 15 is 0 Å². The largest absolute Gasteiger partial charge is 0.338 e. The van der Waals surface area contributed by atoms with Crippen LogP contribution in [0, 0.1) is 0 Å². The first-order chi connectivity index (χ1) is 7.93. The summed E-state index contributed by atoms with van der Waals surface area (Å²) < 4.78 is 5.26. The van der Waals surface area contributed by atoms with Gasteiger partial charge >= 0.3 is 0 Å². The molecule has 0 fully saturated rings. The standard InChI is InChI=1S/C12H11N3O/c1-2-5-9(4-1)12-14-11(15-16-12)10-6-3-7-13-8-10/h1,3-4,6-9H,2,5H2. The lowest BCUT2D eigenvalue weighted by Gasteiger charge is -1.97. The Morgan fingerprint density at radius 2 is 2.38 bits per heavy atom. The Hall–Kier alpha value is -1.97. The first-order valence-corrected chi connectivity index (χ1v) is 5.34. The average molecular weight is 213 g/mol. The summed E-state index contributed by atoms with van der Waals surface area (Å²) in [6.07, 6.45) is 9.90. The Labute approximate surface area is 93.0 Å². The van der Waals surface area contributed by atoms with Gasteiger partial charge in [0.25, 0.3) is 0 Å². The van der Waals surface area contributed by atoms with E-state index in [1.807, 2.05) is 12.1 Å². The zero-order valence-electron chi connectivity index (χ0n) is 8.71. The van der Waals surface area contributed by atoms with Gasteiger partial charge in [0.2, 0.25) is 11.7 Å². The van der Waals surface area contributed by atoms with E-state index in [1.54, 1.807) is 12.4 Å². The SMILES string of the molecule is C1=CC(c2nc(-c3cccnc3)no2)CC1. The van der Waals surface area contributed by atoms with Gasteiger partial charge in [-0.25, -0.2) is 0 Å². The maximum atomic E-state index is 5.26. The summed E-state index contributed by atoms with van der Waals surface area (Å²) in [7, 11) is 0. The van der Waals surface area contributed by atoms with Crippen molar-refractivity contribution in [3.8, 4) is 11.4 Å². The smallest absolute Gasteiger partial charge is 0.233 e. The van der Waals surface area contributed by atoms with Crippen LogP contribution in [0.1, 0.15) is 24.7 Å². The predicted octanol–water partition coefficient (Wildman–Crippen LogP) is 2.57. The number of nitrogens with zero attached hydrogens (tertiary/aromatic N) is 3. The summed E-state index contributed by atoms with van der Waals surface area (Å²) in [5.41, 5.74) is 0.888. The van der Waals surface area contributed by atoms with Crippen LogP contribution in [0.3, 0.4) is 0 Å². The lowest BCUT2D eigenvalue weighted by molar-refractivity contribution is 0.367. The van der Waals surface area contributed by atoms with E-state index in [9.17, 15) is 0 Å². The minimum atomic E-state index is 0.290. The minimum absolute atomic E-state index is 0.290. The molecule has 0 aliphatic heterocycles. The molecule has 1 unspecified atom stereocenters. The van der Waals surface area contributed by atoms with Gasteiger partial charge in [-0.2, -0.15) is 4.98 Å². The van der Waals surface area contributed by atoms with Crippen LogP contribution in [0.25, 0.3) is 11.4 Å². The van der Waals surface area contributed by atoms with Crippen molar-refractivity contribution in [1.82, 2.24) is 15.1 Å². The maximum Gasteiger partial charge on any atom is 0.233 e. The van der Waals surface area contributed by atoms with Crippen molar-refractivity contribution in [1.29, 1.82) is 0 Å². The Balaban J connectivity index is 1.90. The van der Waals surface area contributed by atoms with Crippen molar-refractivity contribution < 1.29 is 4.52 Å². The molecule has 1 atom stereocenters. The summed E-state index contributed by atoms with van der Waals surface area (Å²) in [4.78, 5) is 8.43. The number of aromatic nitrogens is 3. The zero-order chi connectivity index (χ0) is 10.8. The summed E-state index contributed by atoms with van der Waals surface area (Å²) in [5.74, 6) is 1.61. The Morgan fingerprint density at radius 3 is 3.12 bits per heavy atom. The highest BCUT2D eigenvalue weighted by Crippen LogP contribution is 2.28. The fourth-order valence-electron chi connectivity index (χ4n) is 1.84. The monoisotopic (exact) mass is 213 g/mol. The van der Waals surface area contributed by atoms with Crippen LogP contribution in [0.5, 0.6) is 0 Å². The van der Waals surface area contributed by atoms with Crippen LogP contribution < -0.4 is 0 Å². The molecule has 2 aromatic rings. The highest BCUT2D eigenvalue weighted by atomic mass is 16.5. The van der Waals surface area contributed by atoms with Crippen LogP contribution in [-0.4, -0.2) is 15.1 Å². The molecule has 0 saturated carbocycles. The first kappa shape index (κ1) is 9.27. The molecular weight excluding hydrogens is 202 g/mol. The molecule has 4 heteroatoms. The van der Waals surface area contributed by atoms with Crippen LogP contribution in [0.4, 0.5) is 0 Å². The fraction of sp³-hybridized carbons (Fsp3) is 0.250. The summed E-state index contributed by atoms with van der Waals surface area (Å²) in [5, 5.41) is 3.97. The highest BCUT2D eigenvalue weighted by molar-refractivity contribution is 5.52. The van der Waals surface area contributed by atoms with Gasteiger partial charge in [0.15, 0.2) is 0 Å². The van der Waals surface area contributed by atoms with Crippen molar-refractivity contribution >= 4 is 0 Å². The van der Waals surface area contributed by atoms with Crippen molar-refractivity contribution in [2.45, 2.75) is 18.8 Å². The van der Waals surface area contributed by atoms with E-state index in [0.717, 1.165) is 18.4 Å². The Bertz CT molecular complexity index is 504. The molecule has 0 aromatic carbocycles. The molecule has 0 bridgehead atoms. The second-order valence-electron chi connectivity index (χ2n) is 3.81. The minimum Gasteiger partial charge on any atom is -0.338 e. The molecule has 0 radical (unpaired) electrons. The van der Waals surface area contributed by atoms with E-state index in [0.29, 0.717) is 11.7 Å². The molecule has 0 amide bonds. The summed E-state index contributed by atoms with van der Waals surface area (Å²) in [6.45, 7) is 0. The van der Waals surface area contributed by atoms with Gasteiger partial charge in [-0.05, 0) is 25.0 Å². The second kappa shape index (κ2) is 3.89. The molecule has 2 heterocycles. The number of rotatable bonds is 2. The summed E-state index contributed by atoms with van der Waals surface area (Å²) >= 11 is 0. The van der Waals surface area contributed by atoms with Crippen LogP contribution in [-0.2, 0) is 0 Å². The maximum absolute atomic E-state index is 5.26. The normalized spacial score (nSPS) is 19.1. The first-order valence-electron chi connectivity index (χ1n) is 5.34. The molecule has 0 saturated heterocycles. The number of hydrogen-bond acceptors (Lipinski definition) is 4. The summed E-state index contributed by atoms with van der Waals surface area (Å²) in [6, 6.07) is 3.78. The van der Waals surface area contributed by atoms with Gasteiger partial charge in [-0.3, -0.25) is 4.98 Å². The van der Waals surface area contributed by atoms with Gasteiger partial charge in [-0.15, -0.1) is 0 Å². The van der Waals surface area contributed by atoms with Crippen molar-refractivity contribution in [3.63, 3.8) is 0 Å². The van der Waals surface area contributed by atoms with Gasteiger partial charge in [-0.1, -0.05) is 17.3 Å². The zero-order valence-corrected chi connectivity index (χ0v) is 8.71. The Kier molecular flexibility index (Phi) is 2.25. The number of allylic oxidation sites excluding steroid dienone is 2. The molecule has 16 heavy (non-hydrogen) atoms. The van der Waals surface area contributed by atoms with Crippen LogP contribution in [0.15, 0.2) is 41.2 Å². The van der Waals surface area contributed by atoms with E-state index in [4.69, 9.17) is 4.52 Å². The molecular formula is C12H11N3O. The van der Waals surface area contributed by atoms with Crippen molar-refractivity contribution in [3.05, 3.63) is 42.6 Å². The topological polar surface area (TPSA) is 51.8 Å². The third-order valence-electron chi connectivity index (χ3n) is 2.69. The predicted molar refractivity (Wildman–Crippen MR) is 58.6 cm³/mol. The lowest BCUT2D eigenvalue weighted by atomic mass is 10.1. The van der Waals surface area contributed by atoms with E-state index in [1.165, 1.54) is 0 Å². The van der Waals surface area contributed by atoms with Crippen molar-refractivity contribution in [2.75, 3.05) is 0 Å². The molecule has 80 valence electrons. The van der Waals surface area contributed by atoms with Crippen LogP contribution >= 0.6 is 0 Å². The Morgan fingerprint density at radius 1 is 1.38 bits per heavy atom. The van der Waals surface area contributed by atoms with Gasteiger partial charge in [0.1, 0.15) is 0 Å². The number of pyridine rings is 1. The average Bonchev–Trinajstić information content (AvgIpc) is 3.01. The fourth-order valence-corrected chi connectivity index (χ4v) is 1.84. The third-order valence-corrected chi connectivity index (χ3v) is 2.69. The second-order valence-corrected chi connectivity index (χ2v) is 3.81. The molecule has 3 rings (SSSR count). The van der Waals surface area contributed by atoms with E-state index in [2.05, 4.69) is 27.3 Å². The van der Waals surface area contributed by atoms with E-state index in [-0.39, 0.29) is 5.92 Å². The molecule has 2 aromatic heterocycles. The number of hydrogen-bond donors (Lipinski definition) is 0. The molecule has 4 nitrogen and oxygen atoms in total. The molecule has 1 aliphatic carbocycles. The van der Waals surface area contributed by atoms with Gasteiger partial charge in [0.05, 0.1) is 5.92 Å². The highest BCUT2D eigenvalue weighted by Gasteiger charge is 2.19. The van der Waals surface area contributed by atoms with Gasteiger partial charge in [0, 0.05) is 18.0 Å².